The third-order valence-corrected chi connectivity index (χ3v) is 6.66. The minimum Gasteiger partial charge on any atom is -0.473 e. The molecule has 0 atom stereocenters. The van der Waals surface area contributed by atoms with E-state index in [1.165, 1.54) is 13.2 Å². The van der Waals surface area contributed by atoms with E-state index < -0.39 is 5.97 Å². The summed E-state index contributed by atoms with van der Waals surface area (Å²) in [6.07, 6.45) is 0.249. The van der Waals surface area contributed by atoms with Gasteiger partial charge in [0.05, 0.1) is 47.6 Å². The number of pyridine rings is 1. The second kappa shape index (κ2) is 12.4. The number of halogens is 1. The number of methoxy groups -OCH3 is 2. The van der Waals surface area contributed by atoms with Crippen molar-refractivity contribution in [2.24, 2.45) is 0 Å². The van der Waals surface area contributed by atoms with Gasteiger partial charge < -0.3 is 18.8 Å². The number of carbonyl (C=O) groups is 1. The van der Waals surface area contributed by atoms with E-state index >= 15 is 4.39 Å². The van der Waals surface area contributed by atoms with Gasteiger partial charge in [0.15, 0.2) is 0 Å². The normalized spacial score (nSPS) is 10.9. The summed E-state index contributed by atoms with van der Waals surface area (Å²) in [5.74, 6) is 0.247. The van der Waals surface area contributed by atoms with Crippen molar-refractivity contribution < 1.29 is 23.4 Å². The highest BCUT2D eigenvalue weighted by molar-refractivity contribution is 5.93. The highest BCUT2D eigenvalue weighted by Crippen LogP contribution is 2.26. The van der Waals surface area contributed by atoms with E-state index in [1.54, 1.807) is 55.6 Å². The summed E-state index contributed by atoms with van der Waals surface area (Å²) in [5.41, 5.74) is 5.02. The molecule has 0 aliphatic rings. The van der Waals surface area contributed by atoms with Gasteiger partial charge in [-0.2, -0.15) is 5.26 Å². The van der Waals surface area contributed by atoms with E-state index in [0.29, 0.717) is 64.9 Å². The Labute approximate surface area is 236 Å². The van der Waals surface area contributed by atoms with Crippen molar-refractivity contribution >= 4 is 17.0 Å². The van der Waals surface area contributed by atoms with Crippen LogP contribution in [-0.4, -0.2) is 41.3 Å². The van der Waals surface area contributed by atoms with Crippen molar-refractivity contribution in [1.82, 2.24) is 14.5 Å². The summed E-state index contributed by atoms with van der Waals surface area (Å²) in [6.45, 7) is 1.21. The number of rotatable bonds is 10. The van der Waals surface area contributed by atoms with Gasteiger partial charge >= 0.3 is 5.97 Å². The molecule has 0 spiro atoms. The van der Waals surface area contributed by atoms with Gasteiger partial charge in [-0.25, -0.2) is 19.2 Å². The summed E-state index contributed by atoms with van der Waals surface area (Å²) in [4.78, 5) is 21.3. The van der Waals surface area contributed by atoms with Gasteiger partial charge in [0.1, 0.15) is 18.2 Å². The number of carbonyl (C=O) groups excluding carboxylic acids is 1. The largest absolute Gasteiger partial charge is 0.473 e. The van der Waals surface area contributed by atoms with Gasteiger partial charge in [-0.1, -0.05) is 30.3 Å². The molecule has 0 aliphatic heterocycles. The first-order chi connectivity index (χ1) is 20.0. The van der Waals surface area contributed by atoms with Crippen LogP contribution in [-0.2, 0) is 29.0 Å². The number of esters is 1. The van der Waals surface area contributed by atoms with Crippen LogP contribution >= 0.6 is 0 Å². The van der Waals surface area contributed by atoms with Crippen molar-refractivity contribution in [3.05, 3.63) is 113 Å². The average molecular weight is 551 g/mol. The van der Waals surface area contributed by atoms with Crippen LogP contribution < -0.4 is 4.74 Å². The zero-order valence-corrected chi connectivity index (χ0v) is 22.6. The number of imidazole rings is 1. The molecule has 206 valence electrons. The number of nitriles is 1. The molecule has 2 aromatic heterocycles. The third kappa shape index (κ3) is 6.24. The topological polar surface area (TPSA) is 99.3 Å². The fourth-order valence-electron chi connectivity index (χ4n) is 4.49. The molecular weight excluding hydrogens is 523 g/mol. The van der Waals surface area contributed by atoms with Crippen molar-refractivity contribution in [3.63, 3.8) is 0 Å². The minimum atomic E-state index is -0.438. The predicted octanol–water partition coefficient (Wildman–Crippen LogP) is 5.71. The van der Waals surface area contributed by atoms with Gasteiger partial charge in [-0.05, 0) is 53.6 Å². The number of hydrogen-bond acceptors (Lipinski definition) is 7. The van der Waals surface area contributed by atoms with Crippen LogP contribution in [0.4, 0.5) is 4.39 Å². The molecule has 0 radical (unpaired) electrons. The Balaban J connectivity index is 1.36. The summed E-state index contributed by atoms with van der Waals surface area (Å²) in [7, 11) is 2.95. The minimum absolute atomic E-state index is 0.249. The first kappa shape index (κ1) is 27.5. The maximum Gasteiger partial charge on any atom is 0.337 e. The van der Waals surface area contributed by atoms with Crippen molar-refractivity contribution in [1.29, 1.82) is 5.26 Å². The van der Waals surface area contributed by atoms with E-state index in [-0.39, 0.29) is 12.2 Å². The number of hydrogen-bond donors (Lipinski definition) is 0. The lowest BCUT2D eigenvalue weighted by Crippen LogP contribution is -2.10. The molecule has 0 saturated carbocycles. The lowest BCUT2D eigenvalue weighted by Gasteiger charge is -2.11. The Morgan fingerprint density at radius 2 is 1.83 bits per heavy atom. The molecule has 0 fully saturated rings. The number of ether oxygens (including phenoxy) is 3. The van der Waals surface area contributed by atoms with Crippen LogP contribution in [0, 0.1) is 17.1 Å². The number of nitrogens with zero attached hydrogens (tertiary/aromatic N) is 4. The predicted molar refractivity (Wildman–Crippen MR) is 151 cm³/mol. The van der Waals surface area contributed by atoms with Gasteiger partial charge in [0.25, 0.3) is 0 Å². The molecule has 3 aromatic carbocycles. The summed E-state index contributed by atoms with van der Waals surface area (Å²) >= 11 is 0. The first-order valence-corrected chi connectivity index (χ1v) is 12.9. The fourth-order valence-corrected chi connectivity index (χ4v) is 4.49. The average Bonchev–Trinajstić information content (AvgIpc) is 3.35. The smallest absolute Gasteiger partial charge is 0.337 e. The van der Waals surface area contributed by atoms with Crippen LogP contribution in [0.2, 0.25) is 0 Å². The van der Waals surface area contributed by atoms with E-state index in [4.69, 9.17) is 24.5 Å². The number of fused-ring (bicyclic) bond motifs is 1. The molecule has 0 aliphatic carbocycles. The standard InChI is InChI=1S/C32H27FN4O4/c1-39-15-14-37-29-17-25(32(38)40-2)12-13-28(29)35-30(37)18-23-10-11-24(16-26(23)33)27-4-3-5-31(36-27)41-20-22-8-6-21(19-34)7-9-22/h3-13,16-17H,14-15,18,20H2,1-2H3. The van der Waals surface area contributed by atoms with Crippen LogP contribution in [0.1, 0.15) is 32.9 Å². The molecule has 0 bridgehead atoms. The van der Waals surface area contributed by atoms with E-state index in [9.17, 15) is 4.79 Å². The summed E-state index contributed by atoms with van der Waals surface area (Å²) in [5, 5.41) is 8.95. The maximum atomic E-state index is 15.4. The zero-order chi connectivity index (χ0) is 28.8. The maximum absolute atomic E-state index is 15.4. The van der Waals surface area contributed by atoms with Gasteiger partial charge in [-0.3, -0.25) is 0 Å². The zero-order valence-electron chi connectivity index (χ0n) is 22.6. The van der Waals surface area contributed by atoms with Gasteiger partial charge in [-0.15, -0.1) is 0 Å². The second-order valence-corrected chi connectivity index (χ2v) is 9.31. The molecule has 0 amide bonds. The van der Waals surface area contributed by atoms with E-state index in [2.05, 4.69) is 11.1 Å². The molecule has 8 nitrogen and oxygen atoms in total. The van der Waals surface area contributed by atoms with Crippen LogP contribution in [0.25, 0.3) is 22.3 Å². The van der Waals surface area contributed by atoms with Crippen molar-refractivity contribution in [3.8, 4) is 23.2 Å². The van der Waals surface area contributed by atoms with Crippen molar-refractivity contribution in [2.75, 3.05) is 20.8 Å². The molecule has 5 aromatic rings. The molecule has 2 heterocycles. The Morgan fingerprint density at radius 1 is 1.00 bits per heavy atom. The van der Waals surface area contributed by atoms with E-state index in [1.807, 2.05) is 28.8 Å². The lowest BCUT2D eigenvalue weighted by atomic mass is 10.1. The summed E-state index contributed by atoms with van der Waals surface area (Å²) in [6, 6.07) is 24.7. The SMILES string of the molecule is COCCn1c(Cc2ccc(-c3cccc(OCc4ccc(C#N)cc4)n3)cc2F)nc2ccc(C(=O)OC)cc21. The molecule has 0 N–H and O–H groups in total. The van der Waals surface area contributed by atoms with Gasteiger partial charge in [0.2, 0.25) is 5.88 Å². The fraction of sp³-hybridized carbons (Fsp3) is 0.188. The Morgan fingerprint density at radius 3 is 2.56 bits per heavy atom. The monoisotopic (exact) mass is 550 g/mol. The van der Waals surface area contributed by atoms with Crippen LogP contribution in [0.3, 0.4) is 0 Å². The van der Waals surface area contributed by atoms with Crippen molar-refractivity contribution in [2.45, 2.75) is 19.6 Å². The number of aromatic nitrogens is 3. The molecule has 0 unspecified atom stereocenters. The highest BCUT2D eigenvalue weighted by atomic mass is 19.1. The molecule has 9 heteroatoms. The highest BCUT2D eigenvalue weighted by Gasteiger charge is 2.16. The Kier molecular flexibility index (Phi) is 8.32. The molecule has 0 saturated heterocycles. The number of benzene rings is 3. The van der Waals surface area contributed by atoms with Crippen LogP contribution in [0.15, 0.2) is 78.9 Å². The Hall–Kier alpha value is -5.07. The van der Waals surface area contributed by atoms with E-state index in [0.717, 1.165) is 11.1 Å². The third-order valence-electron chi connectivity index (χ3n) is 6.66. The summed E-state index contributed by atoms with van der Waals surface area (Å²) < 4.78 is 33.3. The molecule has 41 heavy (non-hydrogen) atoms. The lowest BCUT2D eigenvalue weighted by molar-refractivity contribution is 0.0601. The quantitative estimate of drug-likeness (QED) is 0.205. The second-order valence-electron chi connectivity index (χ2n) is 9.31. The molecule has 5 rings (SSSR count). The van der Waals surface area contributed by atoms with Crippen LogP contribution in [0.5, 0.6) is 5.88 Å². The molecular formula is C32H27FN4O4. The first-order valence-electron chi connectivity index (χ1n) is 12.9. The van der Waals surface area contributed by atoms with Gasteiger partial charge in [0, 0.05) is 31.7 Å². The Bertz CT molecular complexity index is 1740.